The lowest BCUT2D eigenvalue weighted by Gasteiger charge is -2.16. The highest BCUT2D eigenvalue weighted by atomic mass is 32.2. The number of thioether (sulfide) groups is 1. The summed E-state index contributed by atoms with van der Waals surface area (Å²) in [6.45, 7) is 9.77. The van der Waals surface area contributed by atoms with Gasteiger partial charge < -0.3 is 10.3 Å². The molecular weight excluding hydrogens is 372 g/mol. The smallest absolute Gasteiger partial charge is 0.278 e. The third-order valence-electron chi connectivity index (χ3n) is 4.59. The summed E-state index contributed by atoms with van der Waals surface area (Å²) in [5.41, 5.74) is 4.17. The van der Waals surface area contributed by atoms with Crippen LogP contribution < -0.4 is 10.9 Å². The molecule has 148 valence electrons. The van der Waals surface area contributed by atoms with E-state index in [9.17, 15) is 9.59 Å². The second-order valence-corrected chi connectivity index (χ2v) is 8.31. The van der Waals surface area contributed by atoms with E-state index >= 15 is 0 Å². The number of nitrogens with zero attached hydrogens (tertiary/aromatic N) is 2. The van der Waals surface area contributed by atoms with Crippen LogP contribution in [0, 0.1) is 13.8 Å². The number of rotatable bonds is 6. The topological polar surface area (TPSA) is 79.8 Å². The first-order valence-corrected chi connectivity index (χ1v) is 10.4. The van der Waals surface area contributed by atoms with E-state index in [0.29, 0.717) is 16.2 Å². The SMILES string of the molecule is Cc1ccc([C@H](C)NC(=O)CSc2nc3cc(C)[nH]c3c(=O)n2C(C)C)cc1. The lowest BCUT2D eigenvalue weighted by atomic mass is 10.1. The Labute approximate surface area is 168 Å². The van der Waals surface area contributed by atoms with Crippen LogP contribution in [0.15, 0.2) is 40.3 Å². The van der Waals surface area contributed by atoms with Crippen LogP contribution in [0.25, 0.3) is 11.0 Å². The highest BCUT2D eigenvalue weighted by Crippen LogP contribution is 2.21. The number of carbonyl (C=O) groups is 1. The van der Waals surface area contributed by atoms with Crippen LogP contribution in [-0.2, 0) is 4.79 Å². The maximum absolute atomic E-state index is 12.8. The summed E-state index contributed by atoms with van der Waals surface area (Å²) in [6, 6.07) is 9.83. The molecule has 7 heteroatoms. The molecule has 0 fully saturated rings. The largest absolute Gasteiger partial charge is 0.353 e. The monoisotopic (exact) mass is 398 g/mol. The predicted octanol–water partition coefficient (Wildman–Crippen LogP) is 3.89. The lowest BCUT2D eigenvalue weighted by molar-refractivity contribution is -0.119. The summed E-state index contributed by atoms with van der Waals surface area (Å²) in [5.74, 6) is 0.109. The van der Waals surface area contributed by atoms with Gasteiger partial charge in [-0.1, -0.05) is 41.6 Å². The van der Waals surface area contributed by atoms with Crippen LogP contribution >= 0.6 is 11.8 Å². The summed E-state index contributed by atoms with van der Waals surface area (Å²) < 4.78 is 1.64. The van der Waals surface area contributed by atoms with E-state index in [-0.39, 0.29) is 29.3 Å². The number of H-pyrrole nitrogens is 1. The fourth-order valence-electron chi connectivity index (χ4n) is 3.10. The maximum atomic E-state index is 12.8. The van der Waals surface area contributed by atoms with Crippen molar-refractivity contribution in [3.8, 4) is 0 Å². The molecule has 1 aromatic carbocycles. The number of nitrogens with one attached hydrogen (secondary N) is 2. The van der Waals surface area contributed by atoms with Crippen molar-refractivity contribution in [3.05, 3.63) is 57.5 Å². The van der Waals surface area contributed by atoms with Gasteiger partial charge in [-0.2, -0.15) is 0 Å². The van der Waals surface area contributed by atoms with Crippen LogP contribution in [0.5, 0.6) is 0 Å². The number of hydrogen-bond acceptors (Lipinski definition) is 4. The van der Waals surface area contributed by atoms with E-state index in [0.717, 1.165) is 11.3 Å². The highest BCUT2D eigenvalue weighted by molar-refractivity contribution is 7.99. The van der Waals surface area contributed by atoms with Gasteiger partial charge in [-0.15, -0.1) is 0 Å². The second kappa shape index (κ2) is 8.22. The fraction of sp³-hybridized carbons (Fsp3) is 0.381. The Kier molecular flexibility index (Phi) is 5.93. The average Bonchev–Trinajstić information content (AvgIpc) is 3.00. The van der Waals surface area contributed by atoms with Crippen molar-refractivity contribution in [2.24, 2.45) is 0 Å². The molecule has 2 aromatic heterocycles. The maximum Gasteiger partial charge on any atom is 0.278 e. The van der Waals surface area contributed by atoms with Crippen LogP contribution in [0.4, 0.5) is 0 Å². The third-order valence-corrected chi connectivity index (χ3v) is 5.54. The van der Waals surface area contributed by atoms with Gasteiger partial charge in [0, 0.05) is 11.7 Å². The van der Waals surface area contributed by atoms with Crippen molar-refractivity contribution < 1.29 is 4.79 Å². The van der Waals surface area contributed by atoms with E-state index in [2.05, 4.69) is 15.3 Å². The first-order chi connectivity index (χ1) is 13.3. The normalized spacial score (nSPS) is 12.5. The quantitative estimate of drug-likeness (QED) is 0.488. The molecule has 6 nitrogen and oxygen atoms in total. The molecule has 2 heterocycles. The van der Waals surface area contributed by atoms with Gasteiger partial charge in [0.25, 0.3) is 5.56 Å². The van der Waals surface area contributed by atoms with Crippen molar-refractivity contribution in [1.29, 1.82) is 0 Å². The lowest BCUT2D eigenvalue weighted by Crippen LogP contribution is -2.29. The van der Waals surface area contributed by atoms with E-state index in [1.54, 1.807) is 4.57 Å². The Balaban J connectivity index is 1.75. The molecule has 2 N–H and O–H groups in total. The van der Waals surface area contributed by atoms with E-state index in [4.69, 9.17) is 0 Å². The van der Waals surface area contributed by atoms with Crippen LogP contribution in [0.3, 0.4) is 0 Å². The molecule has 0 aliphatic heterocycles. The molecule has 0 radical (unpaired) electrons. The number of hydrogen-bond donors (Lipinski definition) is 2. The molecule has 3 aromatic rings. The van der Waals surface area contributed by atoms with Crippen molar-refractivity contribution >= 4 is 28.7 Å². The van der Waals surface area contributed by atoms with Gasteiger partial charge in [-0.05, 0) is 46.2 Å². The van der Waals surface area contributed by atoms with Crippen molar-refractivity contribution in [3.63, 3.8) is 0 Å². The first-order valence-electron chi connectivity index (χ1n) is 9.37. The number of aryl methyl sites for hydroxylation is 2. The number of fused-ring (bicyclic) bond motifs is 1. The molecule has 0 spiro atoms. The first kappa shape index (κ1) is 20.2. The number of carbonyl (C=O) groups excluding carboxylic acids is 1. The van der Waals surface area contributed by atoms with Crippen molar-refractivity contribution in [2.75, 3.05) is 5.75 Å². The van der Waals surface area contributed by atoms with Gasteiger partial charge in [0.15, 0.2) is 5.16 Å². The molecule has 3 rings (SSSR count). The second-order valence-electron chi connectivity index (χ2n) is 7.36. The molecule has 28 heavy (non-hydrogen) atoms. The molecule has 0 bridgehead atoms. The Hall–Kier alpha value is -2.54. The van der Waals surface area contributed by atoms with Crippen molar-refractivity contribution in [1.82, 2.24) is 19.9 Å². The van der Waals surface area contributed by atoms with Gasteiger partial charge in [-0.25, -0.2) is 4.98 Å². The Morgan fingerprint density at radius 3 is 2.54 bits per heavy atom. The summed E-state index contributed by atoms with van der Waals surface area (Å²) >= 11 is 1.29. The third kappa shape index (κ3) is 4.30. The number of benzene rings is 1. The Morgan fingerprint density at radius 1 is 1.21 bits per heavy atom. The zero-order valence-electron chi connectivity index (χ0n) is 16.9. The van der Waals surface area contributed by atoms with Gasteiger partial charge in [-0.3, -0.25) is 14.2 Å². The van der Waals surface area contributed by atoms with E-state index in [1.807, 2.05) is 65.0 Å². The minimum atomic E-state index is -0.107. The van der Waals surface area contributed by atoms with Crippen LogP contribution in [0.1, 0.15) is 49.7 Å². The molecule has 0 aliphatic carbocycles. The van der Waals surface area contributed by atoms with E-state index < -0.39 is 0 Å². The minimum Gasteiger partial charge on any atom is -0.353 e. The van der Waals surface area contributed by atoms with Gasteiger partial charge >= 0.3 is 0 Å². The summed E-state index contributed by atoms with van der Waals surface area (Å²) in [5, 5.41) is 3.57. The Morgan fingerprint density at radius 2 is 1.89 bits per heavy atom. The summed E-state index contributed by atoms with van der Waals surface area (Å²) in [4.78, 5) is 33.0. The number of aromatic nitrogens is 3. The van der Waals surface area contributed by atoms with Crippen molar-refractivity contribution in [2.45, 2.75) is 51.9 Å². The van der Waals surface area contributed by atoms with Crippen LogP contribution in [0.2, 0.25) is 0 Å². The highest BCUT2D eigenvalue weighted by Gasteiger charge is 2.17. The Bertz CT molecular complexity index is 1050. The number of aromatic amines is 1. The minimum absolute atomic E-state index is 0.0509. The fourth-order valence-corrected chi connectivity index (χ4v) is 4.04. The van der Waals surface area contributed by atoms with Crippen LogP contribution in [-0.4, -0.2) is 26.2 Å². The summed E-state index contributed by atoms with van der Waals surface area (Å²) in [7, 11) is 0. The zero-order chi connectivity index (χ0) is 20.4. The zero-order valence-corrected chi connectivity index (χ0v) is 17.7. The molecular formula is C21H26N4O2S. The molecule has 0 saturated heterocycles. The van der Waals surface area contributed by atoms with Gasteiger partial charge in [0.1, 0.15) is 5.52 Å². The number of amides is 1. The van der Waals surface area contributed by atoms with Gasteiger partial charge in [0.2, 0.25) is 5.91 Å². The molecule has 0 aliphatic rings. The summed E-state index contributed by atoms with van der Waals surface area (Å²) in [6.07, 6.45) is 0. The predicted molar refractivity (Wildman–Crippen MR) is 114 cm³/mol. The van der Waals surface area contributed by atoms with E-state index in [1.165, 1.54) is 17.3 Å². The average molecular weight is 399 g/mol. The molecule has 1 amide bonds. The standard InChI is InChI=1S/C21H26N4O2S/c1-12(2)25-20(27)19-17(10-14(4)22-19)24-21(25)28-11-18(26)23-15(5)16-8-6-13(3)7-9-16/h6-10,12,15,22H,11H2,1-5H3,(H,23,26)/t15-/m0/s1. The molecule has 0 saturated carbocycles. The van der Waals surface area contributed by atoms with Gasteiger partial charge in [0.05, 0.1) is 17.3 Å². The molecule has 0 unspecified atom stereocenters. The molecule has 1 atom stereocenters.